The molecule has 10 heteroatoms. The minimum Gasteiger partial charge on any atom is -0.370 e. The lowest BCUT2D eigenvalue weighted by molar-refractivity contribution is -0.137. The molecular weight excluding hydrogens is 476 g/mol. The van der Waals surface area contributed by atoms with Crippen LogP contribution in [0.25, 0.3) is 0 Å². The lowest BCUT2D eigenvalue weighted by Gasteiger charge is -2.42. The number of benzene rings is 1. The molecule has 0 saturated carbocycles. The molecule has 8 nitrogen and oxygen atoms in total. The highest BCUT2D eigenvalue weighted by Crippen LogP contribution is 2.32. The third-order valence-corrected chi connectivity index (χ3v) is 8.34. The maximum atomic E-state index is 12.7. The molecule has 2 N–H and O–H groups in total. The molecule has 3 rings (SSSR count). The Kier molecular flexibility index (Phi) is 10.0. The Morgan fingerprint density at radius 3 is 2.32 bits per heavy atom. The molecule has 0 spiro atoms. The first-order valence-corrected chi connectivity index (χ1v) is 12.7. The number of aryl methyl sites for hydroxylation is 2. The van der Waals surface area contributed by atoms with E-state index in [1.807, 2.05) is 45.2 Å². The Balaban J connectivity index is 0.00000408. The van der Waals surface area contributed by atoms with Gasteiger partial charge in [-0.2, -0.15) is 0 Å². The number of ether oxygens (including phenoxy) is 1. The first kappa shape index (κ1) is 28.2. The minimum absolute atomic E-state index is 0. The van der Waals surface area contributed by atoms with E-state index in [2.05, 4.69) is 15.0 Å². The van der Waals surface area contributed by atoms with E-state index in [1.165, 1.54) is 5.56 Å². The SMILES string of the molecule is CNC1(c2ccncc2)CCN(C(=O)COCCNS(=O)(=O)c2c(C)ccc(C)c2C)CC1.Cl. The summed E-state index contributed by atoms with van der Waals surface area (Å²) in [6, 6.07) is 7.74. The van der Waals surface area contributed by atoms with Crippen molar-refractivity contribution in [3.8, 4) is 0 Å². The number of sulfonamides is 1. The van der Waals surface area contributed by atoms with Crippen LogP contribution in [-0.4, -0.2) is 64.1 Å². The fraction of sp³-hybridized carbons (Fsp3) is 0.500. The topological polar surface area (TPSA) is 101 Å². The summed E-state index contributed by atoms with van der Waals surface area (Å²) in [6.07, 6.45) is 5.17. The normalized spacial score (nSPS) is 15.6. The monoisotopic (exact) mass is 510 g/mol. The Morgan fingerprint density at radius 2 is 1.71 bits per heavy atom. The maximum Gasteiger partial charge on any atom is 0.248 e. The predicted octanol–water partition coefficient (Wildman–Crippen LogP) is 2.46. The molecule has 0 aliphatic carbocycles. The smallest absolute Gasteiger partial charge is 0.248 e. The quantitative estimate of drug-likeness (QED) is 0.503. The van der Waals surface area contributed by atoms with Gasteiger partial charge in [-0.1, -0.05) is 12.1 Å². The summed E-state index contributed by atoms with van der Waals surface area (Å²) in [5, 5.41) is 3.43. The van der Waals surface area contributed by atoms with Crippen molar-refractivity contribution in [2.45, 2.75) is 44.0 Å². The van der Waals surface area contributed by atoms with Crippen LogP contribution >= 0.6 is 12.4 Å². The van der Waals surface area contributed by atoms with Crippen LogP contribution in [0.4, 0.5) is 0 Å². The van der Waals surface area contributed by atoms with E-state index in [9.17, 15) is 13.2 Å². The Hall–Kier alpha value is -2.04. The number of nitrogens with zero attached hydrogens (tertiary/aromatic N) is 2. The van der Waals surface area contributed by atoms with E-state index in [-0.39, 0.29) is 43.6 Å². The van der Waals surface area contributed by atoms with E-state index < -0.39 is 10.0 Å². The molecule has 1 fully saturated rings. The van der Waals surface area contributed by atoms with Crippen LogP contribution < -0.4 is 10.0 Å². The molecule has 0 bridgehead atoms. The Labute approximate surface area is 208 Å². The van der Waals surface area contributed by atoms with E-state index in [4.69, 9.17) is 4.74 Å². The first-order chi connectivity index (χ1) is 15.7. The van der Waals surface area contributed by atoms with Gasteiger partial charge in [0.2, 0.25) is 15.9 Å². The van der Waals surface area contributed by atoms with E-state index in [0.29, 0.717) is 23.5 Å². The summed E-state index contributed by atoms with van der Waals surface area (Å²) in [6.45, 7) is 6.91. The molecule has 0 radical (unpaired) electrons. The van der Waals surface area contributed by atoms with Crippen molar-refractivity contribution in [3.05, 3.63) is 58.9 Å². The van der Waals surface area contributed by atoms with Crippen LogP contribution in [0.2, 0.25) is 0 Å². The van der Waals surface area contributed by atoms with Crippen LogP contribution in [0, 0.1) is 20.8 Å². The number of aromatic nitrogens is 1. The van der Waals surface area contributed by atoms with E-state index in [1.54, 1.807) is 24.2 Å². The fourth-order valence-electron chi connectivity index (χ4n) is 4.40. The maximum absolute atomic E-state index is 12.7. The van der Waals surface area contributed by atoms with Crippen molar-refractivity contribution in [1.29, 1.82) is 0 Å². The van der Waals surface area contributed by atoms with Gasteiger partial charge < -0.3 is 15.0 Å². The molecular formula is C24H35ClN4O4S. The lowest BCUT2D eigenvalue weighted by Crippen LogP contribution is -2.51. The van der Waals surface area contributed by atoms with Crippen molar-refractivity contribution in [2.75, 3.05) is 39.9 Å². The standard InChI is InChI=1S/C24H34N4O4S.ClH/c1-18-5-6-19(2)23(20(18)3)33(30,31)27-13-16-32-17-22(29)28-14-9-24(25-4,10-15-28)21-7-11-26-12-8-21;/h5-8,11-12,25,27H,9-10,13-17H2,1-4H3;1H. The van der Waals surface area contributed by atoms with Gasteiger partial charge in [0.15, 0.2) is 0 Å². The highest BCUT2D eigenvalue weighted by Gasteiger charge is 2.36. The fourth-order valence-corrected chi connectivity index (χ4v) is 5.95. The van der Waals surface area contributed by atoms with Gasteiger partial charge in [-0.05, 0) is 75.0 Å². The summed E-state index contributed by atoms with van der Waals surface area (Å²) in [7, 11) is -1.70. The zero-order valence-electron chi connectivity index (χ0n) is 20.3. The number of carbonyl (C=O) groups excluding carboxylic acids is 1. The number of carbonyl (C=O) groups is 1. The lowest BCUT2D eigenvalue weighted by atomic mass is 9.81. The molecule has 1 saturated heterocycles. The zero-order valence-corrected chi connectivity index (χ0v) is 21.9. The Bertz CT molecular complexity index is 1070. The number of hydrogen-bond acceptors (Lipinski definition) is 6. The first-order valence-electron chi connectivity index (χ1n) is 11.2. The molecule has 1 amide bonds. The van der Waals surface area contributed by atoms with Crippen molar-refractivity contribution in [1.82, 2.24) is 19.9 Å². The molecule has 2 aromatic rings. The van der Waals surface area contributed by atoms with Gasteiger partial charge in [0, 0.05) is 37.6 Å². The van der Waals surface area contributed by atoms with Crippen LogP contribution in [0.3, 0.4) is 0 Å². The van der Waals surface area contributed by atoms with Gasteiger partial charge in [0.25, 0.3) is 0 Å². The summed E-state index contributed by atoms with van der Waals surface area (Å²) in [4.78, 5) is 18.8. The molecule has 1 aromatic heterocycles. The Morgan fingerprint density at radius 1 is 1.09 bits per heavy atom. The van der Waals surface area contributed by atoms with E-state index in [0.717, 1.165) is 24.0 Å². The van der Waals surface area contributed by atoms with Gasteiger partial charge in [-0.3, -0.25) is 9.78 Å². The molecule has 1 aromatic carbocycles. The number of halogens is 1. The molecule has 0 atom stereocenters. The van der Waals surface area contributed by atoms with Gasteiger partial charge in [-0.25, -0.2) is 13.1 Å². The molecule has 188 valence electrons. The number of piperidine rings is 1. The second-order valence-corrected chi connectivity index (χ2v) is 10.3. The third-order valence-electron chi connectivity index (χ3n) is 6.59. The van der Waals surface area contributed by atoms with Gasteiger partial charge in [0.1, 0.15) is 6.61 Å². The third kappa shape index (κ3) is 6.34. The summed E-state index contributed by atoms with van der Waals surface area (Å²) in [5.74, 6) is -0.0809. The highest BCUT2D eigenvalue weighted by molar-refractivity contribution is 7.89. The zero-order chi connectivity index (χ0) is 24.1. The number of likely N-dealkylation sites (tertiary alicyclic amines) is 1. The number of nitrogens with one attached hydrogen (secondary N) is 2. The van der Waals surface area contributed by atoms with Gasteiger partial charge in [-0.15, -0.1) is 12.4 Å². The average molecular weight is 511 g/mol. The molecule has 1 aliphatic heterocycles. The summed E-state index contributed by atoms with van der Waals surface area (Å²) >= 11 is 0. The average Bonchev–Trinajstić information content (AvgIpc) is 2.81. The second-order valence-electron chi connectivity index (χ2n) is 8.55. The highest BCUT2D eigenvalue weighted by atomic mass is 35.5. The molecule has 2 heterocycles. The van der Waals surface area contributed by atoms with Crippen LogP contribution in [0.15, 0.2) is 41.6 Å². The molecule has 1 aliphatic rings. The number of rotatable bonds is 9. The molecule has 0 unspecified atom stereocenters. The summed E-state index contributed by atoms with van der Waals surface area (Å²) < 4.78 is 33.5. The number of amides is 1. The van der Waals surface area contributed by atoms with Crippen molar-refractivity contribution in [3.63, 3.8) is 0 Å². The van der Waals surface area contributed by atoms with Gasteiger partial charge in [0.05, 0.1) is 11.5 Å². The number of pyridine rings is 1. The van der Waals surface area contributed by atoms with Crippen LogP contribution in [0.5, 0.6) is 0 Å². The van der Waals surface area contributed by atoms with Crippen molar-refractivity contribution < 1.29 is 17.9 Å². The van der Waals surface area contributed by atoms with Crippen LogP contribution in [-0.2, 0) is 25.1 Å². The van der Waals surface area contributed by atoms with E-state index >= 15 is 0 Å². The van der Waals surface area contributed by atoms with Crippen molar-refractivity contribution in [2.24, 2.45) is 0 Å². The van der Waals surface area contributed by atoms with Crippen LogP contribution in [0.1, 0.15) is 35.1 Å². The minimum atomic E-state index is -3.64. The van der Waals surface area contributed by atoms with Gasteiger partial charge >= 0.3 is 0 Å². The largest absolute Gasteiger partial charge is 0.370 e. The van der Waals surface area contributed by atoms with Crippen molar-refractivity contribution >= 4 is 28.3 Å². The second kappa shape index (κ2) is 12.1. The predicted molar refractivity (Wildman–Crippen MR) is 135 cm³/mol. The number of hydrogen-bond donors (Lipinski definition) is 2. The summed E-state index contributed by atoms with van der Waals surface area (Å²) in [5.41, 5.74) is 3.39. The molecule has 34 heavy (non-hydrogen) atoms.